The van der Waals surface area contributed by atoms with Gasteiger partial charge in [-0.2, -0.15) is 0 Å². The van der Waals surface area contributed by atoms with E-state index in [1.54, 1.807) is 0 Å². The van der Waals surface area contributed by atoms with Gasteiger partial charge in [0.25, 0.3) is 0 Å². The first kappa shape index (κ1) is 13.6. The molecule has 2 nitrogen and oxygen atoms in total. The number of nitrogens with zero attached hydrogens (tertiary/aromatic N) is 1. The summed E-state index contributed by atoms with van der Waals surface area (Å²) in [4.78, 5) is 2.66. The monoisotopic (exact) mass is 246 g/mol. The molecule has 18 heavy (non-hydrogen) atoms. The van der Waals surface area contributed by atoms with Crippen LogP contribution in [0.15, 0.2) is 30.3 Å². The number of rotatable bonds is 3. The quantitative estimate of drug-likeness (QED) is 0.882. The summed E-state index contributed by atoms with van der Waals surface area (Å²) in [7, 11) is 0. The van der Waals surface area contributed by atoms with Crippen LogP contribution in [0.4, 0.5) is 0 Å². The minimum absolute atomic E-state index is 0.327. The Kier molecular flexibility index (Phi) is 4.41. The van der Waals surface area contributed by atoms with Gasteiger partial charge < -0.3 is 5.32 Å². The van der Waals surface area contributed by atoms with Crippen molar-refractivity contribution in [1.29, 1.82) is 0 Å². The van der Waals surface area contributed by atoms with E-state index in [1.807, 2.05) is 0 Å². The third-order valence-electron chi connectivity index (χ3n) is 3.86. The van der Waals surface area contributed by atoms with E-state index in [9.17, 15) is 0 Å². The molecule has 100 valence electrons. The van der Waals surface area contributed by atoms with Gasteiger partial charge in [-0.15, -0.1) is 0 Å². The van der Waals surface area contributed by atoms with Crippen LogP contribution in [0, 0.1) is 5.41 Å². The lowest BCUT2D eigenvalue weighted by atomic mass is 9.81. The summed E-state index contributed by atoms with van der Waals surface area (Å²) in [5.74, 6) is 0. The van der Waals surface area contributed by atoms with Gasteiger partial charge in [0.2, 0.25) is 0 Å². The molecule has 0 bridgehead atoms. The molecule has 1 N–H and O–H groups in total. The maximum Gasteiger partial charge on any atom is 0.0185 e. The van der Waals surface area contributed by atoms with Crippen LogP contribution in [0.1, 0.15) is 26.3 Å². The predicted molar refractivity (Wildman–Crippen MR) is 77.8 cm³/mol. The highest BCUT2D eigenvalue weighted by Crippen LogP contribution is 2.27. The zero-order chi connectivity index (χ0) is 13.0. The molecule has 2 heteroatoms. The molecule has 1 atom stereocenters. The largest absolute Gasteiger partial charge is 0.314 e. The van der Waals surface area contributed by atoms with Gasteiger partial charge in [0, 0.05) is 32.2 Å². The van der Waals surface area contributed by atoms with E-state index in [1.165, 1.54) is 18.7 Å². The van der Waals surface area contributed by atoms with Gasteiger partial charge in [-0.25, -0.2) is 0 Å². The zero-order valence-corrected chi connectivity index (χ0v) is 11.9. The van der Waals surface area contributed by atoms with E-state index in [0.29, 0.717) is 11.5 Å². The lowest BCUT2D eigenvalue weighted by Gasteiger charge is -2.42. The molecule has 1 saturated heterocycles. The van der Waals surface area contributed by atoms with Crippen molar-refractivity contribution in [1.82, 2.24) is 10.2 Å². The van der Waals surface area contributed by atoms with Gasteiger partial charge >= 0.3 is 0 Å². The molecule has 1 fully saturated rings. The van der Waals surface area contributed by atoms with Crippen molar-refractivity contribution < 1.29 is 0 Å². The number of nitrogens with one attached hydrogen (secondary N) is 1. The second-order valence-electron chi connectivity index (χ2n) is 6.36. The van der Waals surface area contributed by atoms with Crippen LogP contribution < -0.4 is 5.32 Å². The molecular formula is C16H26N2. The SMILES string of the molecule is CC(C)(C)C(Cc1ccccc1)N1CCNCC1. The molecule has 0 saturated carbocycles. The molecule has 1 aromatic rings. The molecule has 2 rings (SSSR count). The summed E-state index contributed by atoms with van der Waals surface area (Å²) in [5.41, 5.74) is 1.78. The van der Waals surface area contributed by atoms with Crippen LogP contribution >= 0.6 is 0 Å². The van der Waals surface area contributed by atoms with Crippen LogP contribution in [-0.4, -0.2) is 37.1 Å². The van der Waals surface area contributed by atoms with Crippen LogP contribution in [0.25, 0.3) is 0 Å². The van der Waals surface area contributed by atoms with E-state index < -0.39 is 0 Å². The Balaban J connectivity index is 2.10. The maximum atomic E-state index is 3.44. The second kappa shape index (κ2) is 5.85. The molecule has 1 aliphatic rings. The third kappa shape index (κ3) is 3.56. The first-order valence-corrected chi connectivity index (χ1v) is 7.06. The first-order chi connectivity index (χ1) is 8.57. The first-order valence-electron chi connectivity index (χ1n) is 7.06. The summed E-state index contributed by atoms with van der Waals surface area (Å²) in [6.45, 7) is 11.7. The molecule has 0 aliphatic carbocycles. The number of hydrogen-bond donors (Lipinski definition) is 1. The number of benzene rings is 1. The fraction of sp³-hybridized carbons (Fsp3) is 0.625. The lowest BCUT2D eigenvalue weighted by Crippen LogP contribution is -2.53. The van der Waals surface area contributed by atoms with Crippen LogP contribution in [0.3, 0.4) is 0 Å². The Labute approximate surface area is 111 Å². The van der Waals surface area contributed by atoms with Gasteiger partial charge in [-0.1, -0.05) is 51.1 Å². The fourth-order valence-electron chi connectivity index (χ4n) is 2.81. The van der Waals surface area contributed by atoms with Crippen molar-refractivity contribution in [2.45, 2.75) is 33.2 Å². The number of hydrogen-bond acceptors (Lipinski definition) is 2. The lowest BCUT2D eigenvalue weighted by molar-refractivity contribution is 0.0863. The minimum Gasteiger partial charge on any atom is -0.314 e. The van der Waals surface area contributed by atoms with E-state index in [4.69, 9.17) is 0 Å². The Morgan fingerprint density at radius 3 is 2.28 bits per heavy atom. The molecule has 1 unspecified atom stereocenters. The molecule has 1 aromatic carbocycles. The Hall–Kier alpha value is -0.860. The standard InChI is InChI=1S/C16H26N2/c1-16(2,3)15(18-11-9-17-10-12-18)13-14-7-5-4-6-8-14/h4-8,15,17H,9-13H2,1-3H3. The maximum absolute atomic E-state index is 3.44. The average Bonchev–Trinajstić information content (AvgIpc) is 2.37. The van der Waals surface area contributed by atoms with Gasteiger partial charge in [-0.05, 0) is 17.4 Å². The fourth-order valence-corrected chi connectivity index (χ4v) is 2.81. The van der Waals surface area contributed by atoms with Gasteiger partial charge in [0.1, 0.15) is 0 Å². The van der Waals surface area contributed by atoms with Crippen molar-refractivity contribution in [3.05, 3.63) is 35.9 Å². The van der Waals surface area contributed by atoms with Crippen LogP contribution in [-0.2, 0) is 6.42 Å². The van der Waals surface area contributed by atoms with E-state index in [0.717, 1.165) is 19.5 Å². The topological polar surface area (TPSA) is 15.3 Å². The summed E-state index contributed by atoms with van der Waals surface area (Å²) in [6, 6.07) is 11.5. The molecule has 1 heterocycles. The van der Waals surface area contributed by atoms with Crippen molar-refractivity contribution in [2.75, 3.05) is 26.2 Å². The van der Waals surface area contributed by atoms with E-state index >= 15 is 0 Å². The highest BCUT2D eigenvalue weighted by Gasteiger charge is 2.30. The Morgan fingerprint density at radius 1 is 1.11 bits per heavy atom. The highest BCUT2D eigenvalue weighted by molar-refractivity contribution is 5.16. The average molecular weight is 246 g/mol. The van der Waals surface area contributed by atoms with Crippen LogP contribution in [0.2, 0.25) is 0 Å². The number of piperazine rings is 1. The highest BCUT2D eigenvalue weighted by atomic mass is 15.2. The normalized spacial score (nSPS) is 19.7. The van der Waals surface area contributed by atoms with Gasteiger partial charge in [0.05, 0.1) is 0 Å². The molecule has 0 amide bonds. The van der Waals surface area contributed by atoms with Gasteiger partial charge in [-0.3, -0.25) is 4.90 Å². The van der Waals surface area contributed by atoms with E-state index in [-0.39, 0.29) is 0 Å². The van der Waals surface area contributed by atoms with Crippen molar-refractivity contribution >= 4 is 0 Å². The summed E-state index contributed by atoms with van der Waals surface area (Å²) in [5, 5.41) is 3.44. The summed E-state index contributed by atoms with van der Waals surface area (Å²) >= 11 is 0. The second-order valence-corrected chi connectivity index (χ2v) is 6.36. The molecule has 0 aromatic heterocycles. The Bertz CT molecular complexity index is 347. The van der Waals surface area contributed by atoms with Gasteiger partial charge in [0.15, 0.2) is 0 Å². The molecule has 0 radical (unpaired) electrons. The summed E-state index contributed by atoms with van der Waals surface area (Å²) in [6.07, 6.45) is 1.16. The van der Waals surface area contributed by atoms with Crippen molar-refractivity contribution in [3.63, 3.8) is 0 Å². The van der Waals surface area contributed by atoms with E-state index in [2.05, 4.69) is 61.3 Å². The van der Waals surface area contributed by atoms with Crippen molar-refractivity contribution in [2.24, 2.45) is 5.41 Å². The van der Waals surface area contributed by atoms with Crippen molar-refractivity contribution in [3.8, 4) is 0 Å². The molecule has 0 spiro atoms. The summed E-state index contributed by atoms with van der Waals surface area (Å²) < 4.78 is 0. The Morgan fingerprint density at radius 2 is 1.72 bits per heavy atom. The smallest absolute Gasteiger partial charge is 0.0185 e. The molecular weight excluding hydrogens is 220 g/mol. The third-order valence-corrected chi connectivity index (χ3v) is 3.86. The minimum atomic E-state index is 0.327. The predicted octanol–water partition coefficient (Wildman–Crippen LogP) is 2.55. The zero-order valence-electron chi connectivity index (χ0n) is 11.9. The van der Waals surface area contributed by atoms with Crippen LogP contribution in [0.5, 0.6) is 0 Å². The molecule has 1 aliphatic heterocycles.